The van der Waals surface area contributed by atoms with Gasteiger partial charge in [0.1, 0.15) is 103 Å². The molecule has 0 unspecified atom stereocenters. The number of aliphatic hydroxyl groups excluding tert-OH is 2. The molecule has 3 aliphatic heterocycles. The number of nitrogens with two attached hydrogens (primary N) is 1. The van der Waals surface area contributed by atoms with Gasteiger partial charge in [-0.15, -0.1) is 23.5 Å². The molecule has 0 aromatic heterocycles. The summed E-state index contributed by atoms with van der Waals surface area (Å²) in [7, 11) is 0. The highest BCUT2D eigenvalue weighted by Crippen LogP contribution is 2.45. The number of hydrogen-bond acceptors (Lipinski definition) is 28. The number of ether oxygens (including phenoxy) is 1. The van der Waals surface area contributed by atoms with Crippen molar-refractivity contribution in [2.45, 2.75) is 200 Å². The van der Waals surface area contributed by atoms with Crippen LogP contribution in [0.1, 0.15) is 118 Å². The van der Waals surface area contributed by atoms with E-state index in [-0.39, 0.29) is 124 Å². The molecule has 3 saturated heterocycles. The van der Waals surface area contributed by atoms with Crippen molar-refractivity contribution in [3.8, 4) is 16.9 Å². The van der Waals surface area contributed by atoms with Gasteiger partial charge in [-0.1, -0.05) is 152 Å². The van der Waals surface area contributed by atoms with Crippen molar-refractivity contribution >= 4 is 166 Å². The SMILES string of the molecule is CC(=O)NCSC[C@H](NC(=O)[C@H](CC(=O)O)NC(=O)[C@@H]1CCCN1C(=O)[C@H](CC(N)=O)NC(=O)[C@@H](NC(=O)[C@H](C)NC(=O)[C@H](Cc1ccccc1)NC(=O)[C@H](CSCc1ccccc1)NC(=O)[C@@H]1CCCN1C(=O)[C@@H]1CCCN1C(=O)[C@H](Cc1ccc(O)cc1)NC(=O)[C@H](CO)NC(=O)[C@H](CSCc1ccccc1)NC(=O)[C@H](CSCNC(C)=O)NC(=O)CNC(=O)OCC1c2ccccc2-c2ccccc21)[C@@H](C)O)C(=O)O. The van der Waals surface area contributed by atoms with Gasteiger partial charge in [-0.25, -0.2) is 9.59 Å². The second-order valence-electron chi connectivity index (χ2n) is 35.7. The molecule has 3 fully saturated rings. The predicted octanol–water partition coefficient (Wildman–Crippen LogP) is -0.630. The zero-order chi connectivity index (χ0) is 107. The van der Waals surface area contributed by atoms with Crippen LogP contribution < -0.4 is 80.2 Å². The molecule has 0 spiro atoms. The molecule has 0 saturated carbocycles. The number of primary amides is 1. The van der Waals surface area contributed by atoms with Gasteiger partial charge in [0.2, 0.25) is 100 Å². The first-order valence-electron chi connectivity index (χ1n) is 47.9. The Morgan fingerprint density at radius 3 is 1.35 bits per heavy atom. The number of hydrogen-bond donors (Lipinski definition) is 20. The fourth-order valence-corrected chi connectivity index (χ4v) is 20.8. The van der Waals surface area contributed by atoms with E-state index >= 15 is 19.2 Å². The number of amides is 18. The number of aromatic hydroxyl groups is 1. The van der Waals surface area contributed by atoms with E-state index in [2.05, 4.69) is 74.4 Å². The molecule has 6 aromatic rings. The number of nitrogens with one attached hydrogen (secondary N) is 14. The molecule has 15 atom stereocenters. The lowest BCUT2D eigenvalue weighted by molar-refractivity contribution is -0.148. The number of likely N-dealkylation sites (tertiary alicyclic amines) is 3. The summed E-state index contributed by atoms with van der Waals surface area (Å²) in [6.45, 7) is 2.72. The van der Waals surface area contributed by atoms with Crippen LogP contribution >= 0.6 is 47.0 Å². The van der Waals surface area contributed by atoms with Gasteiger partial charge in [0.25, 0.3) is 0 Å². The minimum Gasteiger partial charge on any atom is -0.508 e. The lowest BCUT2D eigenvalue weighted by atomic mass is 9.98. The first kappa shape index (κ1) is 116. The number of rotatable bonds is 55. The van der Waals surface area contributed by atoms with Crippen molar-refractivity contribution < 1.29 is 126 Å². The number of benzene rings is 6. The number of fused-ring (bicyclic) bond motifs is 3. The second-order valence-corrected chi connectivity index (χ2v) is 39.8. The van der Waals surface area contributed by atoms with Gasteiger partial charge in [-0.05, 0) is 109 Å². The van der Waals surface area contributed by atoms with Gasteiger partial charge in [0.15, 0.2) is 0 Å². The van der Waals surface area contributed by atoms with Crippen molar-refractivity contribution in [2.24, 2.45) is 5.73 Å². The quantitative estimate of drug-likeness (QED) is 0.0167. The van der Waals surface area contributed by atoms with Crippen LogP contribution in [0, 0.1) is 0 Å². The standard InChI is InChI=1S/C100H124N18O26S4/c1-56(86(128)115-85(57(2)120)95(137)110-73(43-82(101)124)97(139)116-38-18-31-79(116)93(135)108-71(44-84(126)127)88(130)114-78(99(141)142)53-148-55-104-59(4)122)105-87(129)70(41-60-21-8-5-9-22-60)107-91(133)77(51-146-49-63-25-12-7-13-26-63)113-94(136)80-32-19-39-117(80)98(140)81-33-20-40-118(81)96(138)72(42-61-34-36-64(123)37-35-61)109-89(131)74(46-119)111-92(134)76(50-145-48-62-23-10-6-11-24-62)112-90(132)75(52-147-54-103-58(3)121)106-83(125)45-102-100(143)144-47-69-67-29-16-14-27-65(67)66-28-15-17-30-68(66)69/h5-17,21-30,34-37,56-57,69-81,85,119-120,123H,18-20,31-33,38-55H2,1-4H3,(H2,101,124)(H,102,143)(H,103,121)(H,104,122)(H,105,129)(H,106,125)(H,107,133)(H,108,135)(H,109,131)(H,110,137)(H,111,134)(H,112,132)(H,113,136)(H,114,130)(H,115,128)(H,126,127)(H,141,142)/t56-,57+,70-,71-,72-,73-,74-,75-,76-,77-,78-,79-,80-,81-,85-/m0/s1. The maximum atomic E-state index is 15.4. The number of phenols is 1. The number of nitrogens with zero attached hydrogens (tertiary/aromatic N) is 3. The number of alkyl carbamates (subject to hydrolysis) is 1. The molecule has 1 aliphatic carbocycles. The van der Waals surface area contributed by atoms with Gasteiger partial charge in [0.05, 0.1) is 37.3 Å². The Morgan fingerprint density at radius 2 is 0.824 bits per heavy atom. The van der Waals surface area contributed by atoms with Crippen LogP contribution in [0.15, 0.2) is 164 Å². The largest absolute Gasteiger partial charge is 0.508 e. The van der Waals surface area contributed by atoms with E-state index in [1.807, 2.05) is 72.8 Å². The van der Waals surface area contributed by atoms with Crippen LogP contribution in [-0.2, 0) is 120 Å². The number of carbonyl (C=O) groups excluding carboxylic acids is 18. The third kappa shape index (κ3) is 34.9. The van der Waals surface area contributed by atoms with Crippen molar-refractivity contribution in [3.63, 3.8) is 0 Å². The van der Waals surface area contributed by atoms with Gasteiger partial charge < -0.3 is 125 Å². The van der Waals surface area contributed by atoms with Gasteiger partial charge in [0, 0.05) is 86.8 Å². The zero-order valence-electron chi connectivity index (χ0n) is 81.7. The molecule has 48 heteroatoms. The maximum Gasteiger partial charge on any atom is 0.407 e. The first-order valence-corrected chi connectivity index (χ1v) is 52.5. The molecule has 3 heterocycles. The van der Waals surface area contributed by atoms with Gasteiger partial charge in [-0.2, -0.15) is 23.5 Å². The number of carbonyl (C=O) groups is 20. The Bertz CT molecular complexity index is 5670. The highest BCUT2D eigenvalue weighted by Gasteiger charge is 2.47. The molecule has 0 bridgehead atoms. The van der Waals surface area contributed by atoms with Crippen molar-refractivity contribution in [1.29, 1.82) is 0 Å². The summed E-state index contributed by atoms with van der Waals surface area (Å²) in [5.41, 5.74) is 12.0. The Kier molecular flexibility index (Phi) is 45.0. The normalized spacial score (nSPS) is 16.9. The Hall–Kier alpha value is -14.4. The van der Waals surface area contributed by atoms with E-state index < -0.39 is 235 Å². The summed E-state index contributed by atoms with van der Waals surface area (Å²) in [5.74, 6) is -19.6. The summed E-state index contributed by atoms with van der Waals surface area (Å²) in [5, 5.41) is 87.0. The predicted molar refractivity (Wildman–Crippen MR) is 546 cm³/mol. The molecule has 10 rings (SSSR count). The van der Waals surface area contributed by atoms with Crippen LogP contribution in [0.4, 0.5) is 4.79 Å². The van der Waals surface area contributed by atoms with E-state index in [1.165, 1.54) is 78.4 Å². The second kappa shape index (κ2) is 57.7. The molecule has 21 N–H and O–H groups in total. The zero-order valence-corrected chi connectivity index (χ0v) is 84.9. The summed E-state index contributed by atoms with van der Waals surface area (Å²) in [6, 6.07) is 25.1. The van der Waals surface area contributed by atoms with E-state index in [0.29, 0.717) is 22.6 Å². The van der Waals surface area contributed by atoms with E-state index in [4.69, 9.17) is 10.5 Å². The van der Waals surface area contributed by atoms with Crippen molar-refractivity contribution in [2.75, 3.05) is 74.2 Å². The highest BCUT2D eigenvalue weighted by atomic mass is 32.2. The summed E-state index contributed by atoms with van der Waals surface area (Å²) in [4.78, 5) is 281. The average molecular weight is 2120 g/mol. The topological polar surface area (TPSA) is 656 Å². The number of thioether (sulfide) groups is 4. The lowest BCUT2D eigenvalue weighted by Gasteiger charge is -2.33. The molecule has 794 valence electrons. The van der Waals surface area contributed by atoms with Crippen LogP contribution in [-0.4, -0.2) is 324 Å². The third-order valence-electron chi connectivity index (χ3n) is 24.5. The van der Waals surface area contributed by atoms with Crippen LogP contribution in [0.3, 0.4) is 0 Å². The molecular weight excluding hydrogens is 2000 g/mol. The number of aliphatic hydroxyl groups is 2. The van der Waals surface area contributed by atoms with Gasteiger partial charge >= 0.3 is 18.0 Å². The number of phenolic OH excluding ortho intramolecular Hbond substituents is 1. The number of carboxylic acid groups (broad SMARTS) is 2. The molecular formula is C100H124N18O26S4. The van der Waals surface area contributed by atoms with Crippen LogP contribution in [0.25, 0.3) is 11.1 Å². The molecule has 44 nitrogen and oxygen atoms in total. The van der Waals surface area contributed by atoms with Gasteiger partial charge in [-0.3, -0.25) is 86.3 Å². The number of carboxylic acids is 2. The number of aliphatic carboxylic acids is 2. The maximum absolute atomic E-state index is 15.4. The monoisotopic (exact) mass is 2120 g/mol. The lowest BCUT2D eigenvalue weighted by Crippen LogP contribution is -2.62. The minimum atomic E-state index is -1.97. The Labute approximate surface area is 869 Å². The third-order valence-corrected chi connectivity index (χ3v) is 28.6. The van der Waals surface area contributed by atoms with Crippen LogP contribution in [0.5, 0.6) is 5.75 Å². The molecule has 6 aromatic carbocycles. The molecule has 148 heavy (non-hydrogen) atoms. The molecule has 0 radical (unpaired) electrons. The van der Waals surface area contributed by atoms with Crippen molar-refractivity contribution in [3.05, 3.63) is 197 Å². The van der Waals surface area contributed by atoms with Crippen molar-refractivity contribution in [1.82, 2.24) is 89.1 Å². The first-order chi connectivity index (χ1) is 70.8. The minimum absolute atomic E-state index is 0.00834. The molecule has 4 aliphatic rings. The Morgan fingerprint density at radius 1 is 0.412 bits per heavy atom. The highest BCUT2D eigenvalue weighted by molar-refractivity contribution is 7.99. The van der Waals surface area contributed by atoms with E-state index in [0.717, 1.165) is 68.7 Å². The summed E-state index contributed by atoms with van der Waals surface area (Å²) >= 11 is 4.39. The average Bonchev–Trinajstić information content (AvgIpc) is 1.61. The fraction of sp³-hybridized carbons (Fsp3) is 0.440. The summed E-state index contributed by atoms with van der Waals surface area (Å²) < 4.78 is 5.63. The van der Waals surface area contributed by atoms with Crippen LogP contribution in [0.2, 0.25) is 0 Å². The fourth-order valence-electron chi connectivity index (χ4n) is 17.0. The molecule has 18 amide bonds. The smallest absolute Gasteiger partial charge is 0.407 e. The van der Waals surface area contributed by atoms with E-state index in [1.54, 1.807) is 66.7 Å². The van der Waals surface area contributed by atoms with E-state index in [9.17, 15) is 102 Å². The summed E-state index contributed by atoms with van der Waals surface area (Å²) in [6.07, 6.45) is -4.60. The Balaban J connectivity index is 0.799.